The van der Waals surface area contributed by atoms with Crippen molar-refractivity contribution in [3.05, 3.63) is 65.2 Å². The number of benzene rings is 2. The number of carbonyl (C=O) groups is 2. The molecule has 146 valence electrons. The highest BCUT2D eigenvalue weighted by Gasteiger charge is 2.22. The number of fused-ring (bicyclic) bond motifs is 1. The van der Waals surface area contributed by atoms with Gasteiger partial charge in [-0.3, -0.25) is 14.5 Å². The first-order chi connectivity index (χ1) is 13.7. The molecule has 2 aliphatic heterocycles. The molecular weight excluding hydrogens is 348 g/mol. The number of ketones is 1. The van der Waals surface area contributed by atoms with Gasteiger partial charge in [-0.1, -0.05) is 30.3 Å². The van der Waals surface area contributed by atoms with Crippen molar-refractivity contribution in [3.63, 3.8) is 0 Å². The Balaban J connectivity index is 1.31. The zero-order chi connectivity index (χ0) is 19.3. The van der Waals surface area contributed by atoms with Crippen molar-refractivity contribution in [2.45, 2.75) is 38.5 Å². The molecule has 2 heterocycles. The van der Waals surface area contributed by atoms with E-state index < -0.39 is 0 Å². The van der Waals surface area contributed by atoms with Crippen LogP contribution in [-0.4, -0.2) is 36.2 Å². The summed E-state index contributed by atoms with van der Waals surface area (Å²) in [5.41, 5.74) is 4.12. The lowest BCUT2D eigenvalue weighted by atomic mass is 9.90. The molecule has 4 nitrogen and oxygen atoms in total. The molecule has 0 unspecified atom stereocenters. The van der Waals surface area contributed by atoms with E-state index in [4.69, 9.17) is 0 Å². The average molecular weight is 377 g/mol. The van der Waals surface area contributed by atoms with Crippen LogP contribution in [0.2, 0.25) is 0 Å². The minimum atomic E-state index is 0.0659. The monoisotopic (exact) mass is 376 g/mol. The van der Waals surface area contributed by atoms with E-state index in [1.807, 2.05) is 18.2 Å². The van der Waals surface area contributed by atoms with Crippen molar-refractivity contribution in [2.75, 3.05) is 25.0 Å². The highest BCUT2D eigenvalue weighted by Crippen LogP contribution is 2.25. The molecule has 0 aromatic heterocycles. The second kappa shape index (κ2) is 8.70. The summed E-state index contributed by atoms with van der Waals surface area (Å²) in [6.07, 6.45) is 5.68. The summed E-state index contributed by atoms with van der Waals surface area (Å²) in [6.45, 7) is 2.47. The molecule has 0 radical (unpaired) electrons. The molecule has 0 spiro atoms. The van der Waals surface area contributed by atoms with Crippen LogP contribution in [0.25, 0.3) is 0 Å². The van der Waals surface area contributed by atoms with Crippen LogP contribution in [0, 0.1) is 5.92 Å². The van der Waals surface area contributed by atoms with Crippen LogP contribution in [0.1, 0.15) is 47.2 Å². The molecule has 28 heavy (non-hydrogen) atoms. The van der Waals surface area contributed by atoms with E-state index >= 15 is 0 Å². The van der Waals surface area contributed by atoms with E-state index in [1.54, 1.807) is 0 Å². The maximum absolute atomic E-state index is 12.8. The number of rotatable bonds is 5. The number of likely N-dealkylation sites (tertiary alicyclic amines) is 1. The van der Waals surface area contributed by atoms with Crippen molar-refractivity contribution in [3.8, 4) is 0 Å². The van der Waals surface area contributed by atoms with E-state index in [0.29, 0.717) is 18.9 Å². The smallest absolute Gasteiger partial charge is 0.224 e. The SMILES string of the molecule is O=C1CCCc2cc(C(=O)CN3CCC(Cc4ccccc4)CC3)ccc2N1. The van der Waals surface area contributed by atoms with Crippen LogP contribution in [-0.2, 0) is 17.6 Å². The molecular formula is C24H28N2O2. The lowest BCUT2D eigenvalue weighted by molar-refractivity contribution is -0.116. The highest BCUT2D eigenvalue weighted by atomic mass is 16.1. The van der Waals surface area contributed by atoms with Crippen molar-refractivity contribution in [2.24, 2.45) is 5.92 Å². The Bertz CT molecular complexity index is 839. The van der Waals surface area contributed by atoms with Gasteiger partial charge in [0.1, 0.15) is 0 Å². The van der Waals surface area contributed by atoms with Crippen LogP contribution < -0.4 is 5.32 Å². The first-order valence-corrected chi connectivity index (χ1v) is 10.4. The van der Waals surface area contributed by atoms with Crippen LogP contribution in [0.15, 0.2) is 48.5 Å². The number of piperidine rings is 1. The first-order valence-electron chi connectivity index (χ1n) is 10.4. The van der Waals surface area contributed by atoms with Crippen molar-refractivity contribution >= 4 is 17.4 Å². The maximum Gasteiger partial charge on any atom is 0.224 e. The number of hydrogen-bond donors (Lipinski definition) is 1. The van der Waals surface area contributed by atoms with Gasteiger partial charge in [0, 0.05) is 17.7 Å². The highest BCUT2D eigenvalue weighted by molar-refractivity contribution is 5.99. The van der Waals surface area contributed by atoms with Gasteiger partial charge in [-0.25, -0.2) is 0 Å². The zero-order valence-electron chi connectivity index (χ0n) is 16.3. The molecule has 4 heteroatoms. The normalized spacial score (nSPS) is 18.2. The van der Waals surface area contributed by atoms with Crippen LogP contribution in [0.3, 0.4) is 0 Å². The Morgan fingerprint density at radius 1 is 1.04 bits per heavy atom. The van der Waals surface area contributed by atoms with E-state index in [1.165, 1.54) is 5.56 Å². The van der Waals surface area contributed by atoms with Crippen molar-refractivity contribution in [1.82, 2.24) is 4.90 Å². The Hall–Kier alpha value is -2.46. The molecule has 2 aliphatic rings. The van der Waals surface area contributed by atoms with Crippen molar-refractivity contribution < 1.29 is 9.59 Å². The average Bonchev–Trinajstić information content (AvgIpc) is 2.90. The molecule has 1 saturated heterocycles. The number of Topliss-reactive ketones (excluding diaryl/α,β-unsaturated/α-hetero) is 1. The summed E-state index contributed by atoms with van der Waals surface area (Å²) in [4.78, 5) is 26.8. The summed E-state index contributed by atoms with van der Waals surface area (Å²) in [5, 5.41) is 2.93. The van der Waals surface area contributed by atoms with Gasteiger partial charge in [-0.05, 0) is 80.4 Å². The summed E-state index contributed by atoms with van der Waals surface area (Å²) in [7, 11) is 0. The number of nitrogens with one attached hydrogen (secondary N) is 1. The number of nitrogens with zero attached hydrogens (tertiary/aromatic N) is 1. The number of anilines is 1. The second-order valence-corrected chi connectivity index (χ2v) is 8.11. The van der Waals surface area contributed by atoms with E-state index in [9.17, 15) is 9.59 Å². The minimum absolute atomic E-state index is 0.0659. The molecule has 1 amide bonds. The topological polar surface area (TPSA) is 49.4 Å². The lowest BCUT2D eigenvalue weighted by Gasteiger charge is -2.31. The van der Waals surface area contributed by atoms with Crippen LogP contribution in [0.5, 0.6) is 0 Å². The molecule has 0 bridgehead atoms. The number of amides is 1. The number of hydrogen-bond acceptors (Lipinski definition) is 3. The van der Waals surface area contributed by atoms with Gasteiger partial charge >= 0.3 is 0 Å². The molecule has 1 fully saturated rings. The quantitative estimate of drug-likeness (QED) is 0.800. The molecule has 0 aliphatic carbocycles. The molecule has 0 saturated carbocycles. The van der Waals surface area contributed by atoms with Gasteiger partial charge in [0.2, 0.25) is 5.91 Å². The molecule has 1 N–H and O–H groups in total. The van der Waals surface area contributed by atoms with E-state index in [0.717, 1.165) is 62.0 Å². The molecule has 2 aromatic rings. The third kappa shape index (κ3) is 4.68. The maximum atomic E-state index is 12.8. The third-order valence-electron chi connectivity index (χ3n) is 5.99. The summed E-state index contributed by atoms with van der Waals surface area (Å²) >= 11 is 0. The fourth-order valence-electron chi connectivity index (χ4n) is 4.34. The fraction of sp³-hybridized carbons (Fsp3) is 0.417. The fourth-order valence-corrected chi connectivity index (χ4v) is 4.34. The standard InChI is InChI=1S/C24H28N2O2/c27-23(21-9-10-22-20(16-21)7-4-8-24(28)25-22)17-26-13-11-19(12-14-26)15-18-5-2-1-3-6-18/h1-3,5-6,9-10,16,19H,4,7-8,11-15,17H2,(H,25,28). The van der Waals surface area contributed by atoms with E-state index in [-0.39, 0.29) is 11.7 Å². The third-order valence-corrected chi connectivity index (χ3v) is 5.99. The minimum Gasteiger partial charge on any atom is -0.326 e. The van der Waals surface area contributed by atoms with Crippen LogP contribution in [0.4, 0.5) is 5.69 Å². The molecule has 2 aromatic carbocycles. The number of aryl methyl sites for hydroxylation is 1. The summed E-state index contributed by atoms with van der Waals surface area (Å²) in [6, 6.07) is 16.4. The van der Waals surface area contributed by atoms with Gasteiger partial charge in [0.25, 0.3) is 0 Å². The predicted molar refractivity (Wildman–Crippen MR) is 112 cm³/mol. The van der Waals surface area contributed by atoms with Crippen LogP contribution >= 0.6 is 0 Å². The lowest BCUT2D eigenvalue weighted by Crippen LogP contribution is -2.37. The molecule has 0 atom stereocenters. The largest absolute Gasteiger partial charge is 0.326 e. The Morgan fingerprint density at radius 2 is 1.82 bits per heavy atom. The second-order valence-electron chi connectivity index (χ2n) is 8.11. The van der Waals surface area contributed by atoms with Crippen molar-refractivity contribution in [1.29, 1.82) is 0 Å². The summed E-state index contributed by atoms with van der Waals surface area (Å²) < 4.78 is 0. The van der Waals surface area contributed by atoms with Gasteiger partial charge < -0.3 is 5.32 Å². The first kappa shape index (κ1) is 18.9. The van der Waals surface area contributed by atoms with Gasteiger partial charge in [0.05, 0.1) is 6.54 Å². The van der Waals surface area contributed by atoms with Gasteiger partial charge in [0.15, 0.2) is 5.78 Å². The Labute approximate surface area is 166 Å². The molecule has 4 rings (SSSR count). The summed E-state index contributed by atoms with van der Waals surface area (Å²) in [5.74, 6) is 0.959. The van der Waals surface area contributed by atoms with Gasteiger partial charge in [-0.15, -0.1) is 0 Å². The number of carbonyl (C=O) groups excluding carboxylic acids is 2. The van der Waals surface area contributed by atoms with Gasteiger partial charge in [-0.2, -0.15) is 0 Å². The van der Waals surface area contributed by atoms with E-state index in [2.05, 4.69) is 40.5 Å². The Kier molecular flexibility index (Phi) is 5.87. The Morgan fingerprint density at radius 3 is 2.61 bits per heavy atom. The zero-order valence-corrected chi connectivity index (χ0v) is 16.3. The predicted octanol–water partition coefficient (Wildman–Crippen LogP) is 4.10.